The van der Waals surface area contributed by atoms with Crippen LogP contribution in [0.4, 0.5) is 0 Å². The number of rotatable bonds is 2. The van der Waals surface area contributed by atoms with Crippen LogP contribution >= 0.6 is 0 Å². The Hall–Kier alpha value is -0.210. The number of piperidine rings is 2. The lowest BCUT2D eigenvalue weighted by atomic mass is 9.77. The van der Waals surface area contributed by atoms with Crippen molar-refractivity contribution in [2.75, 3.05) is 40.3 Å². The molecule has 0 unspecified atom stereocenters. The van der Waals surface area contributed by atoms with Gasteiger partial charge < -0.3 is 10.4 Å². The molecule has 0 spiro atoms. The van der Waals surface area contributed by atoms with E-state index >= 15 is 0 Å². The first-order chi connectivity index (χ1) is 7.86. The zero-order chi connectivity index (χ0) is 12.7. The summed E-state index contributed by atoms with van der Waals surface area (Å²) in [6.07, 6.45) is 1.25. The topological polar surface area (TPSA) is 72.9 Å². The average molecular weight is 263 g/mol. The molecule has 6 nitrogen and oxygen atoms in total. The van der Waals surface area contributed by atoms with Gasteiger partial charge in [-0.2, -0.15) is 17.0 Å². The van der Waals surface area contributed by atoms with Crippen molar-refractivity contribution >= 4 is 10.2 Å². The molecule has 100 valence electrons. The highest BCUT2D eigenvalue weighted by Gasteiger charge is 2.45. The van der Waals surface area contributed by atoms with E-state index in [-0.39, 0.29) is 5.92 Å². The van der Waals surface area contributed by atoms with E-state index in [0.29, 0.717) is 32.5 Å². The predicted octanol–water partition coefficient (Wildman–Crippen LogP) is -1.16. The third kappa shape index (κ3) is 2.34. The third-order valence-corrected chi connectivity index (χ3v) is 5.80. The van der Waals surface area contributed by atoms with Crippen molar-refractivity contribution in [2.45, 2.75) is 18.4 Å². The summed E-state index contributed by atoms with van der Waals surface area (Å²) in [5.41, 5.74) is -0.677. The first kappa shape index (κ1) is 13.2. The first-order valence-electron chi connectivity index (χ1n) is 5.97. The second-order valence-corrected chi connectivity index (χ2v) is 7.30. The number of aliphatic hydroxyl groups is 1. The number of nitrogens with one attached hydrogen (secondary N) is 1. The summed E-state index contributed by atoms with van der Waals surface area (Å²) in [5, 5.41) is 13.7. The van der Waals surface area contributed by atoms with E-state index in [0.717, 1.165) is 6.54 Å². The molecule has 2 aliphatic rings. The molecular weight excluding hydrogens is 242 g/mol. The molecule has 2 atom stereocenters. The molecule has 2 rings (SSSR count). The van der Waals surface area contributed by atoms with Gasteiger partial charge in [0.2, 0.25) is 0 Å². The molecule has 17 heavy (non-hydrogen) atoms. The average Bonchev–Trinajstić information content (AvgIpc) is 2.27. The fourth-order valence-corrected chi connectivity index (χ4v) is 3.79. The maximum Gasteiger partial charge on any atom is 0.281 e. The van der Waals surface area contributed by atoms with Crippen LogP contribution in [-0.2, 0) is 10.2 Å². The van der Waals surface area contributed by atoms with Crippen molar-refractivity contribution in [2.24, 2.45) is 5.92 Å². The van der Waals surface area contributed by atoms with E-state index in [4.69, 9.17) is 0 Å². The normalized spacial score (nSPS) is 35.9. The molecule has 2 saturated heterocycles. The lowest BCUT2D eigenvalue weighted by Crippen LogP contribution is -2.60. The lowest BCUT2D eigenvalue weighted by molar-refractivity contribution is -0.0750. The standard InChI is InChI=1S/C10H21N3O3S/c1-12(2)17(15,16)13-6-4-10(14)3-5-11-7-9(10)8-13/h9,11,14H,3-8H2,1-2H3/t9-,10-/m1/s1. The molecule has 2 aliphatic heterocycles. The van der Waals surface area contributed by atoms with Crippen LogP contribution in [0.5, 0.6) is 0 Å². The predicted molar refractivity (Wildman–Crippen MR) is 64.7 cm³/mol. The number of hydrogen-bond donors (Lipinski definition) is 2. The maximum absolute atomic E-state index is 12.0. The second-order valence-electron chi connectivity index (χ2n) is 5.15. The number of fused-ring (bicyclic) bond motifs is 1. The zero-order valence-electron chi connectivity index (χ0n) is 10.4. The van der Waals surface area contributed by atoms with Crippen molar-refractivity contribution < 1.29 is 13.5 Å². The molecule has 2 N–H and O–H groups in total. The summed E-state index contributed by atoms with van der Waals surface area (Å²) in [4.78, 5) is 0. The monoisotopic (exact) mass is 263 g/mol. The molecule has 2 fully saturated rings. The van der Waals surface area contributed by atoms with Crippen LogP contribution in [0.15, 0.2) is 0 Å². The number of nitrogens with zero attached hydrogens (tertiary/aromatic N) is 2. The van der Waals surface area contributed by atoms with Crippen LogP contribution in [-0.4, -0.2) is 68.0 Å². The van der Waals surface area contributed by atoms with Crippen molar-refractivity contribution in [1.82, 2.24) is 13.9 Å². The Bertz CT molecular complexity index is 384. The van der Waals surface area contributed by atoms with E-state index < -0.39 is 15.8 Å². The van der Waals surface area contributed by atoms with Crippen LogP contribution in [0.25, 0.3) is 0 Å². The largest absolute Gasteiger partial charge is 0.389 e. The van der Waals surface area contributed by atoms with Crippen molar-refractivity contribution in [3.63, 3.8) is 0 Å². The van der Waals surface area contributed by atoms with Gasteiger partial charge in [0.05, 0.1) is 5.60 Å². The summed E-state index contributed by atoms with van der Waals surface area (Å²) < 4.78 is 26.7. The minimum atomic E-state index is -3.35. The molecule has 0 aromatic heterocycles. The minimum absolute atomic E-state index is 0.000255. The molecule has 0 aliphatic carbocycles. The van der Waals surface area contributed by atoms with Gasteiger partial charge in [0, 0.05) is 39.6 Å². The van der Waals surface area contributed by atoms with Gasteiger partial charge in [0.1, 0.15) is 0 Å². The number of hydrogen-bond acceptors (Lipinski definition) is 4. The van der Waals surface area contributed by atoms with Crippen LogP contribution in [0.2, 0.25) is 0 Å². The molecule has 0 aromatic rings. The fraction of sp³-hybridized carbons (Fsp3) is 1.00. The minimum Gasteiger partial charge on any atom is -0.389 e. The van der Waals surface area contributed by atoms with Gasteiger partial charge in [0.15, 0.2) is 0 Å². The Kier molecular flexibility index (Phi) is 3.48. The molecule has 0 aromatic carbocycles. The highest BCUT2D eigenvalue weighted by molar-refractivity contribution is 7.86. The molecule has 0 amide bonds. The van der Waals surface area contributed by atoms with Gasteiger partial charge in [-0.25, -0.2) is 0 Å². The lowest BCUT2D eigenvalue weighted by Gasteiger charge is -2.47. The van der Waals surface area contributed by atoms with Gasteiger partial charge in [-0.15, -0.1) is 0 Å². The van der Waals surface area contributed by atoms with Crippen molar-refractivity contribution in [3.8, 4) is 0 Å². The van der Waals surface area contributed by atoms with Crippen molar-refractivity contribution in [1.29, 1.82) is 0 Å². The van der Waals surface area contributed by atoms with E-state index in [2.05, 4.69) is 5.32 Å². The summed E-state index contributed by atoms with van der Waals surface area (Å²) >= 11 is 0. The Morgan fingerprint density at radius 2 is 2.12 bits per heavy atom. The van der Waals surface area contributed by atoms with Crippen molar-refractivity contribution in [3.05, 3.63) is 0 Å². The van der Waals surface area contributed by atoms with E-state index in [1.807, 2.05) is 0 Å². The quantitative estimate of drug-likeness (QED) is 0.659. The molecule has 0 radical (unpaired) electrons. The van der Waals surface area contributed by atoms with Crippen LogP contribution in [0.3, 0.4) is 0 Å². The van der Waals surface area contributed by atoms with Gasteiger partial charge in [-0.3, -0.25) is 0 Å². The first-order valence-corrected chi connectivity index (χ1v) is 7.37. The van der Waals surface area contributed by atoms with Gasteiger partial charge in [-0.05, 0) is 19.4 Å². The second kappa shape index (κ2) is 4.47. The summed E-state index contributed by atoms with van der Waals surface area (Å²) in [6, 6.07) is 0. The Labute approximate surface area is 103 Å². The molecule has 7 heteroatoms. The summed E-state index contributed by atoms with van der Waals surface area (Å²) in [5.74, 6) is -0.000255. The Balaban J connectivity index is 2.13. The molecule has 0 bridgehead atoms. The summed E-state index contributed by atoms with van der Waals surface area (Å²) in [6.45, 7) is 2.32. The SMILES string of the molecule is CN(C)S(=O)(=O)N1CC[C@]2(O)CCNC[C@@H]2C1. The van der Waals surface area contributed by atoms with Crippen LogP contribution in [0, 0.1) is 5.92 Å². The van der Waals surface area contributed by atoms with Gasteiger partial charge >= 0.3 is 0 Å². The highest BCUT2D eigenvalue weighted by atomic mass is 32.2. The van der Waals surface area contributed by atoms with E-state index in [1.165, 1.54) is 22.7 Å². The zero-order valence-corrected chi connectivity index (χ0v) is 11.2. The Morgan fingerprint density at radius 3 is 2.76 bits per heavy atom. The fourth-order valence-electron chi connectivity index (χ4n) is 2.63. The molecule has 0 saturated carbocycles. The smallest absolute Gasteiger partial charge is 0.281 e. The van der Waals surface area contributed by atoms with Crippen LogP contribution < -0.4 is 5.32 Å². The maximum atomic E-state index is 12.0. The van der Waals surface area contributed by atoms with Crippen LogP contribution in [0.1, 0.15) is 12.8 Å². The third-order valence-electron chi connectivity index (χ3n) is 3.89. The molecular formula is C10H21N3O3S. The van der Waals surface area contributed by atoms with Gasteiger partial charge in [-0.1, -0.05) is 0 Å². The highest BCUT2D eigenvalue weighted by Crippen LogP contribution is 2.33. The van der Waals surface area contributed by atoms with E-state index in [1.54, 1.807) is 0 Å². The van der Waals surface area contributed by atoms with E-state index in [9.17, 15) is 13.5 Å². The van der Waals surface area contributed by atoms with Gasteiger partial charge in [0.25, 0.3) is 10.2 Å². The Morgan fingerprint density at radius 1 is 1.41 bits per heavy atom. The summed E-state index contributed by atoms with van der Waals surface area (Å²) in [7, 11) is -0.276. The molecule has 2 heterocycles.